The van der Waals surface area contributed by atoms with Crippen molar-refractivity contribution in [3.05, 3.63) is 68.8 Å². The van der Waals surface area contributed by atoms with Gasteiger partial charge in [-0.2, -0.15) is 0 Å². The molecule has 5 rings (SSSR count). The van der Waals surface area contributed by atoms with Gasteiger partial charge in [0.25, 0.3) is 17.4 Å². The number of anilines is 1. The highest BCUT2D eigenvalue weighted by atomic mass is 32.1. The number of rotatable bonds is 2. The zero-order valence-corrected chi connectivity index (χ0v) is 14.6. The molecule has 1 aliphatic rings. The zero-order chi connectivity index (χ0) is 17.8. The second-order valence-electron chi connectivity index (χ2n) is 5.51. The number of para-hydroxylation sites is 1. The minimum atomic E-state index is -0.533. The van der Waals surface area contributed by atoms with Crippen LogP contribution in [0.3, 0.4) is 0 Å². The van der Waals surface area contributed by atoms with E-state index in [0.717, 1.165) is 16.2 Å². The lowest BCUT2D eigenvalue weighted by atomic mass is 10.3. The van der Waals surface area contributed by atoms with Crippen LogP contribution < -0.4 is 10.5 Å². The second-order valence-corrected chi connectivity index (χ2v) is 7.44. The molecule has 7 nitrogen and oxygen atoms in total. The van der Waals surface area contributed by atoms with E-state index in [-0.39, 0.29) is 21.2 Å². The van der Waals surface area contributed by atoms with Gasteiger partial charge in [0, 0.05) is 0 Å². The number of fused-ring (bicyclic) bond motifs is 3. The van der Waals surface area contributed by atoms with Gasteiger partial charge in [0.1, 0.15) is 10.6 Å². The van der Waals surface area contributed by atoms with Crippen molar-refractivity contribution in [2.75, 3.05) is 4.90 Å². The highest BCUT2D eigenvalue weighted by Gasteiger charge is 2.42. The molecule has 0 radical (unpaired) electrons. The molecule has 0 atom stereocenters. The summed E-state index contributed by atoms with van der Waals surface area (Å²) >= 11 is 2.36. The van der Waals surface area contributed by atoms with Crippen LogP contribution in [0.2, 0.25) is 0 Å². The number of carbonyl (C=O) groups is 2. The van der Waals surface area contributed by atoms with Gasteiger partial charge in [-0.25, -0.2) is 9.30 Å². The van der Waals surface area contributed by atoms with E-state index in [0.29, 0.717) is 10.6 Å². The number of thiazole rings is 1. The number of benzene rings is 1. The van der Waals surface area contributed by atoms with Crippen molar-refractivity contribution in [3.8, 4) is 10.6 Å². The second kappa shape index (κ2) is 5.41. The molecule has 0 unspecified atom stereocenters. The number of carbonyl (C=O) groups excluding carboxylic acids is 2. The summed E-state index contributed by atoms with van der Waals surface area (Å²) in [6.07, 6.45) is 0. The molecule has 0 spiro atoms. The monoisotopic (exact) mass is 380 g/mol. The molecule has 0 N–H and O–H groups in total. The van der Waals surface area contributed by atoms with Crippen molar-refractivity contribution in [2.24, 2.45) is 0 Å². The molecule has 0 saturated heterocycles. The minimum absolute atomic E-state index is 0.0524. The van der Waals surface area contributed by atoms with Gasteiger partial charge in [-0.3, -0.25) is 14.4 Å². The Balaban J connectivity index is 1.75. The third-order valence-corrected chi connectivity index (χ3v) is 5.93. The fourth-order valence-corrected chi connectivity index (χ4v) is 4.58. The Morgan fingerprint density at radius 2 is 1.69 bits per heavy atom. The molecule has 1 aromatic carbocycles. The van der Waals surface area contributed by atoms with Crippen molar-refractivity contribution in [1.29, 1.82) is 0 Å². The fourth-order valence-electron chi connectivity index (χ4n) is 2.89. The smallest absolute Gasteiger partial charge is 0.267 e. The first kappa shape index (κ1) is 15.1. The van der Waals surface area contributed by atoms with Gasteiger partial charge in [-0.1, -0.05) is 35.6 Å². The SMILES string of the molecule is O=C1c2sc3nnc(-c4cccs4)c(=O)n3c2C(=O)N1c1ccccc1. The predicted molar refractivity (Wildman–Crippen MR) is 98.0 cm³/mol. The van der Waals surface area contributed by atoms with Crippen LogP contribution in [0.4, 0.5) is 5.69 Å². The maximum absolute atomic E-state index is 12.9. The van der Waals surface area contributed by atoms with E-state index >= 15 is 0 Å². The lowest BCUT2D eigenvalue weighted by molar-refractivity contribution is 0.0925. The van der Waals surface area contributed by atoms with Crippen LogP contribution in [0.25, 0.3) is 15.5 Å². The van der Waals surface area contributed by atoms with Crippen molar-refractivity contribution < 1.29 is 9.59 Å². The number of thiophene rings is 1. The summed E-state index contributed by atoms with van der Waals surface area (Å²) in [5.74, 6) is -0.988. The maximum Gasteiger partial charge on any atom is 0.286 e. The van der Waals surface area contributed by atoms with Crippen molar-refractivity contribution in [1.82, 2.24) is 14.6 Å². The summed E-state index contributed by atoms with van der Waals surface area (Å²) in [4.78, 5) is 40.8. The number of amides is 2. The van der Waals surface area contributed by atoms with E-state index in [1.165, 1.54) is 15.7 Å². The standard InChI is InChI=1S/C17H8N4O3S2/c22-14-11(10-7-4-8-25-10)18-19-17-21(14)12-13(26-17)16(24)20(15(12)23)9-5-2-1-3-6-9/h1-8H. The first-order valence-electron chi connectivity index (χ1n) is 7.57. The van der Waals surface area contributed by atoms with Crippen molar-refractivity contribution in [3.63, 3.8) is 0 Å². The third-order valence-electron chi connectivity index (χ3n) is 4.04. The number of hydrogen-bond donors (Lipinski definition) is 0. The minimum Gasteiger partial charge on any atom is -0.267 e. The quantitative estimate of drug-likeness (QED) is 0.499. The Hall–Kier alpha value is -3.17. The molecule has 3 aromatic heterocycles. The molecule has 26 heavy (non-hydrogen) atoms. The molecule has 2 amide bonds. The van der Waals surface area contributed by atoms with Crippen LogP contribution in [0, 0.1) is 0 Å². The predicted octanol–water partition coefficient (Wildman–Crippen LogP) is 2.68. The van der Waals surface area contributed by atoms with Gasteiger partial charge in [-0.05, 0) is 23.6 Å². The molecular weight excluding hydrogens is 372 g/mol. The van der Waals surface area contributed by atoms with E-state index in [9.17, 15) is 14.4 Å². The molecule has 0 aliphatic carbocycles. The van der Waals surface area contributed by atoms with Gasteiger partial charge < -0.3 is 0 Å². The largest absolute Gasteiger partial charge is 0.286 e. The van der Waals surface area contributed by atoms with Gasteiger partial charge in [0.05, 0.1) is 10.6 Å². The van der Waals surface area contributed by atoms with Crippen molar-refractivity contribution >= 4 is 45.1 Å². The summed E-state index contributed by atoms with van der Waals surface area (Å²) in [5.41, 5.74) is 0.228. The summed E-state index contributed by atoms with van der Waals surface area (Å²) in [5, 5.41) is 9.86. The number of imide groups is 1. The van der Waals surface area contributed by atoms with E-state index in [2.05, 4.69) is 10.2 Å². The normalized spacial score (nSPS) is 13.6. The summed E-state index contributed by atoms with van der Waals surface area (Å²) < 4.78 is 1.20. The molecule has 9 heteroatoms. The fraction of sp³-hybridized carbons (Fsp3) is 0. The Kier molecular flexibility index (Phi) is 3.15. The van der Waals surface area contributed by atoms with Gasteiger partial charge in [0.2, 0.25) is 4.96 Å². The van der Waals surface area contributed by atoms with Crippen LogP contribution in [0.1, 0.15) is 20.2 Å². The molecule has 1 aliphatic heterocycles. The number of hydrogen-bond acceptors (Lipinski definition) is 7. The molecule has 0 fully saturated rings. The van der Waals surface area contributed by atoms with Crippen LogP contribution in [-0.2, 0) is 0 Å². The molecule has 4 aromatic rings. The molecule has 0 saturated carbocycles. The topological polar surface area (TPSA) is 84.6 Å². The van der Waals surface area contributed by atoms with E-state index in [1.807, 2.05) is 5.38 Å². The number of aromatic nitrogens is 3. The first-order valence-corrected chi connectivity index (χ1v) is 9.26. The summed E-state index contributed by atoms with van der Waals surface area (Å²) in [6.45, 7) is 0. The van der Waals surface area contributed by atoms with E-state index in [4.69, 9.17) is 0 Å². The molecule has 4 heterocycles. The lowest BCUT2D eigenvalue weighted by Crippen LogP contribution is -2.31. The summed E-state index contributed by atoms with van der Waals surface area (Å²) in [7, 11) is 0. The molecule has 126 valence electrons. The Morgan fingerprint density at radius 1 is 0.885 bits per heavy atom. The summed E-state index contributed by atoms with van der Waals surface area (Å²) in [6, 6.07) is 12.2. The average molecular weight is 380 g/mol. The van der Waals surface area contributed by atoms with Crippen LogP contribution in [0.15, 0.2) is 52.6 Å². The molecule has 0 bridgehead atoms. The Morgan fingerprint density at radius 3 is 2.42 bits per heavy atom. The van der Waals surface area contributed by atoms with E-state index in [1.54, 1.807) is 42.5 Å². The average Bonchev–Trinajstić information content (AvgIpc) is 3.35. The Labute approximate surface area is 153 Å². The first-order chi connectivity index (χ1) is 12.7. The van der Waals surface area contributed by atoms with Crippen LogP contribution >= 0.6 is 22.7 Å². The van der Waals surface area contributed by atoms with Crippen molar-refractivity contribution in [2.45, 2.75) is 0 Å². The molecular formula is C17H8N4O3S2. The van der Waals surface area contributed by atoms with Gasteiger partial charge in [-0.15, -0.1) is 21.5 Å². The number of nitrogens with zero attached hydrogens (tertiary/aromatic N) is 4. The highest BCUT2D eigenvalue weighted by molar-refractivity contribution is 7.19. The van der Waals surface area contributed by atoms with Gasteiger partial charge >= 0.3 is 0 Å². The lowest BCUT2D eigenvalue weighted by Gasteiger charge is -2.13. The van der Waals surface area contributed by atoms with Crippen LogP contribution in [0.5, 0.6) is 0 Å². The maximum atomic E-state index is 12.9. The zero-order valence-electron chi connectivity index (χ0n) is 12.9. The Bertz CT molecular complexity index is 1240. The van der Waals surface area contributed by atoms with E-state index < -0.39 is 17.4 Å². The van der Waals surface area contributed by atoms with Gasteiger partial charge in [0.15, 0.2) is 5.69 Å². The third kappa shape index (κ3) is 1.95. The van der Waals surface area contributed by atoms with Crippen LogP contribution in [-0.4, -0.2) is 26.4 Å². The highest BCUT2D eigenvalue weighted by Crippen LogP contribution is 2.33.